The fraction of sp³-hybridized carbons (Fsp3) is 0.533. The van der Waals surface area contributed by atoms with Crippen LogP contribution in [0.4, 0.5) is 4.39 Å². The van der Waals surface area contributed by atoms with Crippen molar-refractivity contribution < 1.29 is 9.18 Å². The number of alkyl halides is 1. The summed E-state index contributed by atoms with van der Waals surface area (Å²) in [5, 5.41) is 0. The van der Waals surface area contributed by atoms with Gasteiger partial charge in [-0.1, -0.05) is 37.1 Å². The molecule has 1 aromatic rings. The lowest BCUT2D eigenvalue weighted by molar-refractivity contribution is 0.101. The average Bonchev–Trinajstić information content (AvgIpc) is 2.79. The molecule has 1 nitrogen and oxygen atoms in total. The number of benzene rings is 1. The fourth-order valence-electron chi connectivity index (χ4n) is 2.96. The molecule has 1 aliphatic carbocycles. The van der Waals surface area contributed by atoms with Crippen molar-refractivity contribution in [2.75, 3.05) is 0 Å². The SMILES string of the molecule is CC(=O)c1ccc(C2(C(C)F)CCCC2)cc1. The second-order valence-corrected chi connectivity index (χ2v) is 5.11. The van der Waals surface area contributed by atoms with Gasteiger partial charge in [0.2, 0.25) is 0 Å². The highest BCUT2D eigenvalue weighted by atomic mass is 19.1. The van der Waals surface area contributed by atoms with Gasteiger partial charge in [0.05, 0.1) is 0 Å². The van der Waals surface area contributed by atoms with E-state index in [0.29, 0.717) is 5.56 Å². The Balaban J connectivity index is 2.34. The van der Waals surface area contributed by atoms with Crippen molar-refractivity contribution in [3.63, 3.8) is 0 Å². The molecule has 1 unspecified atom stereocenters. The number of hydrogen-bond donors (Lipinski definition) is 0. The molecule has 2 heteroatoms. The number of hydrogen-bond acceptors (Lipinski definition) is 1. The van der Waals surface area contributed by atoms with E-state index in [1.54, 1.807) is 13.8 Å². The first-order valence-electron chi connectivity index (χ1n) is 6.32. The van der Waals surface area contributed by atoms with Crippen molar-refractivity contribution in [1.82, 2.24) is 0 Å². The van der Waals surface area contributed by atoms with Gasteiger partial charge >= 0.3 is 0 Å². The van der Waals surface area contributed by atoms with Crippen LogP contribution >= 0.6 is 0 Å². The van der Waals surface area contributed by atoms with Crippen LogP contribution in [0, 0.1) is 0 Å². The monoisotopic (exact) mass is 234 g/mol. The van der Waals surface area contributed by atoms with Gasteiger partial charge < -0.3 is 0 Å². The van der Waals surface area contributed by atoms with E-state index in [2.05, 4.69) is 0 Å². The summed E-state index contributed by atoms with van der Waals surface area (Å²) in [5.74, 6) is 0.0605. The third-order valence-corrected chi connectivity index (χ3v) is 4.12. The predicted octanol–water partition coefficient (Wildman–Crippen LogP) is 4.06. The van der Waals surface area contributed by atoms with Crippen molar-refractivity contribution in [3.05, 3.63) is 35.4 Å². The molecule has 0 aromatic heterocycles. The van der Waals surface area contributed by atoms with E-state index in [4.69, 9.17) is 0 Å². The summed E-state index contributed by atoms with van der Waals surface area (Å²) < 4.78 is 13.9. The van der Waals surface area contributed by atoms with E-state index < -0.39 is 6.17 Å². The number of carbonyl (C=O) groups excluding carboxylic acids is 1. The maximum Gasteiger partial charge on any atom is 0.159 e. The molecule has 0 heterocycles. The predicted molar refractivity (Wildman–Crippen MR) is 67.2 cm³/mol. The minimum Gasteiger partial charge on any atom is -0.295 e. The normalized spacial score (nSPS) is 20.2. The van der Waals surface area contributed by atoms with Crippen LogP contribution in [0.1, 0.15) is 55.5 Å². The van der Waals surface area contributed by atoms with Crippen molar-refractivity contribution >= 4 is 5.78 Å². The lowest BCUT2D eigenvalue weighted by Crippen LogP contribution is -2.31. The highest BCUT2D eigenvalue weighted by molar-refractivity contribution is 5.94. The Labute approximate surface area is 102 Å². The molecule has 0 saturated heterocycles. The Bertz CT molecular complexity index is 399. The van der Waals surface area contributed by atoms with E-state index >= 15 is 0 Å². The number of carbonyl (C=O) groups is 1. The van der Waals surface area contributed by atoms with E-state index in [1.807, 2.05) is 24.3 Å². The molecule has 0 N–H and O–H groups in total. The molecule has 1 saturated carbocycles. The molecule has 1 atom stereocenters. The Hall–Kier alpha value is -1.18. The van der Waals surface area contributed by atoms with Crippen LogP contribution in [-0.2, 0) is 5.41 Å². The Morgan fingerprint density at radius 3 is 2.18 bits per heavy atom. The summed E-state index contributed by atoms with van der Waals surface area (Å²) in [6.45, 7) is 3.21. The van der Waals surface area contributed by atoms with Gasteiger partial charge in [0, 0.05) is 11.0 Å². The average molecular weight is 234 g/mol. The van der Waals surface area contributed by atoms with E-state index in [-0.39, 0.29) is 11.2 Å². The molecule has 1 aliphatic rings. The van der Waals surface area contributed by atoms with Gasteiger partial charge in [0.15, 0.2) is 5.78 Å². The molecular formula is C15H19FO. The first-order chi connectivity index (χ1) is 8.06. The molecule has 1 aromatic carbocycles. The van der Waals surface area contributed by atoms with Gasteiger partial charge in [-0.25, -0.2) is 4.39 Å². The number of halogens is 1. The summed E-state index contributed by atoms with van der Waals surface area (Å²) >= 11 is 0. The van der Waals surface area contributed by atoms with Gasteiger partial charge in [-0.15, -0.1) is 0 Å². The second-order valence-electron chi connectivity index (χ2n) is 5.11. The Morgan fingerprint density at radius 2 is 1.76 bits per heavy atom. The zero-order valence-electron chi connectivity index (χ0n) is 10.5. The molecule has 0 aliphatic heterocycles. The van der Waals surface area contributed by atoms with Crippen molar-refractivity contribution in [3.8, 4) is 0 Å². The highest BCUT2D eigenvalue weighted by Gasteiger charge is 2.40. The van der Waals surface area contributed by atoms with Crippen LogP contribution < -0.4 is 0 Å². The topological polar surface area (TPSA) is 17.1 Å². The van der Waals surface area contributed by atoms with Crippen molar-refractivity contribution in [1.29, 1.82) is 0 Å². The van der Waals surface area contributed by atoms with E-state index in [9.17, 15) is 9.18 Å². The zero-order valence-corrected chi connectivity index (χ0v) is 10.5. The largest absolute Gasteiger partial charge is 0.295 e. The smallest absolute Gasteiger partial charge is 0.159 e. The first kappa shape index (κ1) is 12.3. The molecule has 92 valence electrons. The number of ketones is 1. The quantitative estimate of drug-likeness (QED) is 0.721. The molecule has 0 bridgehead atoms. The van der Waals surface area contributed by atoms with Gasteiger partial charge in [0.1, 0.15) is 6.17 Å². The summed E-state index contributed by atoms with van der Waals surface area (Å²) in [6.07, 6.45) is 3.22. The summed E-state index contributed by atoms with van der Waals surface area (Å²) in [7, 11) is 0. The minimum atomic E-state index is -0.826. The first-order valence-corrected chi connectivity index (χ1v) is 6.32. The molecule has 0 amide bonds. The molecule has 17 heavy (non-hydrogen) atoms. The fourth-order valence-corrected chi connectivity index (χ4v) is 2.96. The Kier molecular flexibility index (Phi) is 3.32. The van der Waals surface area contributed by atoms with Gasteiger partial charge in [-0.2, -0.15) is 0 Å². The van der Waals surface area contributed by atoms with Gasteiger partial charge in [-0.05, 0) is 32.3 Å². The maximum absolute atomic E-state index is 13.9. The lowest BCUT2D eigenvalue weighted by atomic mass is 9.75. The van der Waals surface area contributed by atoms with E-state index in [1.165, 1.54) is 0 Å². The molecule has 2 rings (SSSR count). The number of rotatable bonds is 3. The standard InChI is InChI=1S/C15H19FO/c1-11(17)13-5-7-14(8-6-13)15(12(2)16)9-3-4-10-15/h5-8,12H,3-4,9-10H2,1-2H3. The highest BCUT2D eigenvalue weighted by Crippen LogP contribution is 2.44. The third-order valence-electron chi connectivity index (χ3n) is 4.12. The van der Waals surface area contributed by atoms with Crippen LogP contribution in [0.25, 0.3) is 0 Å². The summed E-state index contributed by atoms with van der Waals surface area (Å²) in [6, 6.07) is 7.50. The Morgan fingerprint density at radius 1 is 1.24 bits per heavy atom. The summed E-state index contributed by atoms with van der Waals surface area (Å²) in [5.41, 5.74) is 1.44. The van der Waals surface area contributed by atoms with Crippen LogP contribution in [0.3, 0.4) is 0 Å². The zero-order chi connectivity index (χ0) is 12.5. The van der Waals surface area contributed by atoms with E-state index in [0.717, 1.165) is 31.2 Å². The molecule has 0 spiro atoms. The van der Waals surface area contributed by atoms with Crippen LogP contribution in [0.15, 0.2) is 24.3 Å². The molecule has 1 fully saturated rings. The summed E-state index contributed by atoms with van der Waals surface area (Å²) in [4.78, 5) is 11.2. The van der Waals surface area contributed by atoms with Crippen LogP contribution in [-0.4, -0.2) is 12.0 Å². The molecular weight excluding hydrogens is 215 g/mol. The molecule has 0 radical (unpaired) electrons. The van der Waals surface area contributed by atoms with Gasteiger partial charge in [0.25, 0.3) is 0 Å². The minimum absolute atomic E-state index is 0.0605. The maximum atomic E-state index is 13.9. The second kappa shape index (κ2) is 4.59. The van der Waals surface area contributed by atoms with Crippen LogP contribution in [0.2, 0.25) is 0 Å². The third kappa shape index (κ3) is 2.13. The van der Waals surface area contributed by atoms with Crippen molar-refractivity contribution in [2.24, 2.45) is 0 Å². The van der Waals surface area contributed by atoms with Gasteiger partial charge in [-0.3, -0.25) is 4.79 Å². The van der Waals surface area contributed by atoms with Crippen molar-refractivity contribution in [2.45, 2.75) is 51.1 Å². The number of Topliss-reactive ketones (excluding diaryl/α,β-unsaturated/α-hetero) is 1. The van der Waals surface area contributed by atoms with Crippen LogP contribution in [0.5, 0.6) is 0 Å². The lowest BCUT2D eigenvalue weighted by Gasteiger charge is -2.31.